The zero-order valence-electron chi connectivity index (χ0n) is 13.3. The Hall–Kier alpha value is -3.02. The maximum Gasteiger partial charge on any atom is 0.258 e. The van der Waals surface area contributed by atoms with Crippen molar-refractivity contribution in [2.45, 2.75) is 25.8 Å². The summed E-state index contributed by atoms with van der Waals surface area (Å²) >= 11 is 0. The van der Waals surface area contributed by atoms with Gasteiger partial charge in [0.05, 0.1) is 16.9 Å². The smallest absolute Gasteiger partial charge is 0.258 e. The van der Waals surface area contributed by atoms with Crippen LogP contribution < -0.4 is 10.9 Å². The van der Waals surface area contributed by atoms with Gasteiger partial charge in [-0.05, 0) is 30.7 Å². The summed E-state index contributed by atoms with van der Waals surface area (Å²) in [5.41, 5.74) is 1.41. The lowest BCUT2D eigenvalue weighted by molar-refractivity contribution is -0.121. The van der Waals surface area contributed by atoms with Crippen LogP contribution in [0.15, 0.2) is 53.6 Å². The Kier molecular flexibility index (Phi) is 4.65. The van der Waals surface area contributed by atoms with Crippen LogP contribution in [0.3, 0.4) is 0 Å². The number of hydrogen-bond donors (Lipinski definition) is 2. The second-order valence-corrected chi connectivity index (χ2v) is 5.61. The van der Waals surface area contributed by atoms with Crippen molar-refractivity contribution < 1.29 is 4.79 Å². The molecule has 0 saturated heterocycles. The Labute approximate surface area is 139 Å². The van der Waals surface area contributed by atoms with E-state index >= 15 is 0 Å². The molecule has 3 aromatic rings. The first-order valence-corrected chi connectivity index (χ1v) is 7.81. The standard InChI is InChI=1S/C18H18N4O2/c1-12(13-5-4-10-19-11-13)20-17(23)9-8-16-21-15-7-3-2-6-14(15)18(24)22-16/h2-7,10-12H,8-9H2,1H3,(H,20,23)(H,21,22,24). The summed E-state index contributed by atoms with van der Waals surface area (Å²) in [5, 5.41) is 3.47. The molecule has 0 radical (unpaired) electrons. The summed E-state index contributed by atoms with van der Waals surface area (Å²) in [6.07, 6.45) is 4.06. The number of H-pyrrole nitrogens is 1. The molecule has 24 heavy (non-hydrogen) atoms. The molecule has 1 atom stereocenters. The van der Waals surface area contributed by atoms with Crippen LogP contribution in [0.2, 0.25) is 0 Å². The fraction of sp³-hybridized carbons (Fsp3) is 0.222. The van der Waals surface area contributed by atoms with Gasteiger partial charge in [0.15, 0.2) is 0 Å². The molecular formula is C18H18N4O2. The molecule has 6 nitrogen and oxygen atoms in total. The lowest BCUT2D eigenvalue weighted by Crippen LogP contribution is -2.27. The van der Waals surface area contributed by atoms with Gasteiger partial charge in [-0.15, -0.1) is 0 Å². The van der Waals surface area contributed by atoms with E-state index in [1.54, 1.807) is 30.6 Å². The number of carbonyl (C=O) groups is 1. The number of rotatable bonds is 5. The lowest BCUT2D eigenvalue weighted by Gasteiger charge is -2.13. The summed E-state index contributed by atoms with van der Waals surface area (Å²) in [4.78, 5) is 35.3. The van der Waals surface area contributed by atoms with E-state index in [9.17, 15) is 9.59 Å². The first-order chi connectivity index (χ1) is 11.6. The Bertz CT molecular complexity index is 906. The average molecular weight is 322 g/mol. The van der Waals surface area contributed by atoms with E-state index in [4.69, 9.17) is 0 Å². The summed E-state index contributed by atoms with van der Waals surface area (Å²) in [6, 6.07) is 10.8. The normalized spacial score (nSPS) is 12.0. The van der Waals surface area contributed by atoms with Crippen LogP contribution in [-0.2, 0) is 11.2 Å². The van der Waals surface area contributed by atoms with Crippen molar-refractivity contribution in [3.8, 4) is 0 Å². The molecule has 0 aliphatic heterocycles. The number of aryl methyl sites for hydroxylation is 1. The first-order valence-electron chi connectivity index (χ1n) is 7.81. The zero-order chi connectivity index (χ0) is 16.9. The quantitative estimate of drug-likeness (QED) is 0.753. The zero-order valence-corrected chi connectivity index (χ0v) is 13.3. The number of nitrogens with zero attached hydrogens (tertiary/aromatic N) is 2. The van der Waals surface area contributed by atoms with E-state index in [-0.39, 0.29) is 23.9 Å². The molecule has 1 amide bonds. The first kappa shape index (κ1) is 15.9. The summed E-state index contributed by atoms with van der Waals surface area (Å²) < 4.78 is 0. The summed E-state index contributed by atoms with van der Waals surface area (Å²) in [5.74, 6) is 0.421. The number of aromatic nitrogens is 3. The molecule has 2 heterocycles. The van der Waals surface area contributed by atoms with Crippen molar-refractivity contribution in [3.05, 3.63) is 70.5 Å². The molecule has 3 rings (SSSR count). The highest BCUT2D eigenvalue weighted by atomic mass is 16.1. The Morgan fingerprint density at radius 1 is 1.25 bits per heavy atom. The van der Waals surface area contributed by atoms with Crippen LogP contribution >= 0.6 is 0 Å². The highest BCUT2D eigenvalue weighted by Crippen LogP contribution is 2.10. The number of nitrogens with one attached hydrogen (secondary N) is 2. The molecule has 0 spiro atoms. The van der Waals surface area contributed by atoms with Crippen LogP contribution in [0.1, 0.15) is 30.8 Å². The predicted octanol–water partition coefficient (Wildman–Crippen LogP) is 2.13. The molecule has 6 heteroatoms. The van der Waals surface area contributed by atoms with Crippen LogP contribution in [0.4, 0.5) is 0 Å². The van der Waals surface area contributed by atoms with Gasteiger partial charge < -0.3 is 10.3 Å². The molecule has 0 bridgehead atoms. The fourth-order valence-electron chi connectivity index (χ4n) is 2.51. The van der Waals surface area contributed by atoms with Gasteiger partial charge in [-0.3, -0.25) is 14.6 Å². The SMILES string of the molecule is CC(NC(=O)CCc1nc2ccccc2c(=O)[nH]1)c1cccnc1. The molecule has 2 N–H and O–H groups in total. The maximum atomic E-state index is 12.1. The minimum atomic E-state index is -0.181. The number of aromatic amines is 1. The molecule has 0 aliphatic carbocycles. The second kappa shape index (κ2) is 7.04. The minimum absolute atomic E-state index is 0.0952. The molecule has 122 valence electrons. The number of amides is 1. The summed E-state index contributed by atoms with van der Waals surface area (Å²) in [6.45, 7) is 1.91. The van der Waals surface area contributed by atoms with Gasteiger partial charge >= 0.3 is 0 Å². The molecule has 1 unspecified atom stereocenters. The molecular weight excluding hydrogens is 304 g/mol. The van der Waals surface area contributed by atoms with Gasteiger partial charge in [0.1, 0.15) is 5.82 Å². The van der Waals surface area contributed by atoms with E-state index < -0.39 is 0 Å². The Morgan fingerprint density at radius 3 is 2.88 bits per heavy atom. The van der Waals surface area contributed by atoms with Crippen LogP contribution in [0.25, 0.3) is 10.9 Å². The van der Waals surface area contributed by atoms with Crippen LogP contribution in [0.5, 0.6) is 0 Å². The molecule has 2 aromatic heterocycles. The number of fused-ring (bicyclic) bond motifs is 1. The Morgan fingerprint density at radius 2 is 2.08 bits per heavy atom. The average Bonchev–Trinajstić information content (AvgIpc) is 2.61. The highest BCUT2D eigenvalue weighted by molar-refractivity contribution is 5.78. The lowest BCUT2D eigenvalue weighted by atomic mass is 10.1. The monoisotopic (exact) mass is 322 g/mol. The maximum absolute atomic E-state index is 12.1. The third kappa shape index (κ3) is 3.65. The van der Waals surface area contributed by atoms with Crippen molar-refractivity contribution in [1.29, 1.82) is 0 Å². The van der Waals surface area contributed by atoms with Gasteiger partial charge in [-0.1, -0.05) is 18.2 Å². The van der Waals surface area contributed by atoms with Crippen molar-refractivity contribution >= 4 is 16.8 Å². The predicted molar refractivity (Wildman–Crippen MR) is 91.5 cm³/mol. The number of hydrogen-bond acceptors (Lipinski definition) is 4. The van der Waals surface area contributed by atoms with E-state index in [1.807, 2.05) is 25.1 Å². The van der Waals surface area contributed by atoms with Gasteiger partial charge in [0, 0.05) is 25.2 Å². The number of benzene rings is 1. The van der Waals surface area contributed by atoms with Crippen molar-refractivity contribution in [2.24, 2.45) is 0 Å². The van der Waals surface area contributed by atoms with E-state index in [1.165, 1.54) is 0 Å². The van der Waals surface area contributed by atoms with Crippen molar-refractivity contribution in [3.63, 3.8) is 0 Å². The number of pyridine rings is 1. The number of carbonyl (C=O) groups excluding carboxylic acids is 1. The van der Waals surface area contributed by atoms with Gasteiger partial charge in [0.25, 0.3) is 5.56 Å². The molecule has 0 aliphatic rings. The fourth-order valence-corrected chi connectivity index (χ4v) is 2.51. The van der Waals surface area contributed by atoms with Gasteiger partial charge in [0.2, 0.25) is 5.91 Å². The minimum Gasteiger partial charge on any atom is -0.350 e. The van der Waals surface area contributed by atoms with E-state index in [2.05, 4.69) is 20.3 Å². The highest BCUT2D eigenvalue weighted by Gasteiger charge is 2.11. The van der Waals surface area contributed by atoms with E-state index in [0.717, 1.165) is 5.56 Å². The Balaban J connectivity index is 1.63. The molecule has 1 aromatic carbocycles. The number of para-hydroxylation sites is 1. The topological polar surface area (TPSA) is 87.7 Å². The third-order valence-electron chi connectivity index (χ3n) is 3.81. The second-order valence-electron chi connectivity index (χ2n) is 5.61. The third-order valence-corrected chi connectivity index (χ3v) is 3.81. The molecule has 0 fully saturated rings. The van der Waals surface area contributed by atoms with Crippen LogP contribution in [-0.4, -0.2) is 20.9 Å². The largest absolute Gasteiger partial charge is 0.350 e. The van der Waals surface area contributed by atoms with Crippen molar-refractivity contribution in [2.75, 3.05) is 0 Å². The van der Waals surface area contributed by atoms with Crippen molar-refractivity contribution in [1.82, 2.24) is 20.3 Å². The molecule has 0 saturated carbocycles. The van der Waals surface area contributed by atoms with Gasteiger partial charge in [-0.2, -0.15) is 0 Å². The van der Waals surface area contributed by atoms with Crippen LogP contribution in [0, 0.1) is 0 Å². The van der Waals surface area contributed by atoms with E-state index in [0.29, 0.717) is 23.1 Å². The summed E-state index contributed by atoms with van der Waals surface area (Å²) in [7, 11) is 0. The van der Waals surface area contributed by atoms with Gasteiger partial charge in [-0.25, -0.2) is 4.98 Å².